The Hall–Kier alpha value is -1.89. The first-order valence-electron chi connectivity index (χ1n) is 7.77. The molecule has 2 aliphatic rings. The molecule has 23 heavy (non-hydrogen) atoms. The molecule has 1 saturated heterocycles. The van der Waals surface area contributed by atoms with E-state index in [2.05, 4.69) is 10.3 Å². The Bertz CT molecular complexity index is 761. The molecule has 7 heteroatoms. The van der Waals surface area contributed by atoms with Gasteiger partial charge in [0.05, 0.1) is 18.4 Å². The fraction of sp³-hybridized carbons (Fsp3) is 0.500. The zero-order valence-corrected chi connectivity index (χ0v) is 13.7. The first-order chi connectivity index (χ1) is 11.1. The number of hydrogen-bond acceptors (Lipinski definition) is 5. The van der Waals surface area contributed by atoms with E-state index < -0.39 is 11.6 Å². The molecule has 1 unspecified atom stereocenters. The lowest BCUT2D eigenvalue weighted by Crippen LogP contribution is -2.46. The van der Waals surface area contributed by atoms with Crippen LogP contribution in [-0.2, 0) is 4.79 Å². The average Bonchev–Trinajstić information content (AvgIpc) is 3.10. The molecule has 2 fully saturated rings. The Morgan fingerprint density at radius 2 is 2.35 bits per heavy atom. The molecule has 0 spiro atoms. The molecular formula is C16H18FN3O2S. The minimum atomic E-state index is -1.81. The van der Waals surface area contributed by atoms with Crippen LogP contribution in [0.4, 0.5) is 9.52 Å². The van der Waals surface area contributed by atoms with Crippen LogP contribution in [0, 0.1) is 0 Å². The van der Waals surface area contributed by atoms with Crippen LogP contribution < -0.4 is 15.0 Å². The van der Waals surface area contributed by atoms with Crippen LogP contribution in [0.2, 0.25) is 0 Å². The van der Waals surface area contributed by atoms with Gasteiger partial charge in [0.1, 0.15) is 11.3 Å². The molecular weight excluding hydrogens is 317 g/mol. The number of halogens is 1. The largest absolute Gasteiger partial charge is 0.494 e. The summed E-state index contributed by atoms with van der Waals surface area (Å²) in [5, 5.41) is 3.51. The van der Waals surface area contributed by atoms with Crippen LogP contribution in [0.1, 0.15) is 19.3 Å². The molecule has 5 nitrogen and oxygen atoms in total. The van der Waals surface area contributed by atoms with Crippen LogP contribution in [0.5, 0.6) is 5.75 Å². The number of thiazole rings is 1. The zero-order valence-electron chi connectivity index (χ0n) is 12.8. The molecule has 1 aromatic heterocycles. The van der Waals surface area contributed by atoms with E-state index in [0.29, 0.717) is 12.3 Å². The lowest BCUT2D eigenvalue weighted by molar-refractivity contribution is -0.131. The smallest absolute Gasteiger partial charge is 0.259 e. The second kappa shape index (κ2) is 5.33. The number of carbonyl (C=O) groups excluding carboxylic acids is 1. The fourth-order valence-electron chi connectivity index (χ4n) is 2.88. The van der Waals surface area contributed by atoms with Crippen molar-refractivity contribution >= 4 is 32.6 Å². The minimum Gasteiger partial charge on any atom is -0.494 e. The van der Waals surface area contributed by atoms with E-state index in [0.717, 1.165) is 28.2 Å². The molecule has 1 atom stereocenters. The summed E-state index contributed by atoms with van der Waals surface area (Å²) in [7, 11) is 1.61. The normalized spacial score (nSPS) is 24.2. The number of rotatable bonds is 4. The van der Waals surface area contributed by atoms with Crippen molar-refractivity contribution in [3.05, 3.63) is 18.2 Å². The van der Waals surface area contributed by atoms with Crippen molar-refractivity contribution in [1.82, 2.24) is 10.3 Å². The molecule has 1 saturated carbocycles. The van der Waals surface area contributed by atoms with Gasteiger partial charge in [-0.1, -0.05) is 17.4 Å². The van der Waals surface area contributed by atoms with Crippen molar-refractivity contribution in [2.45, 2.75) is 31.0 Å². The number of ether oxygens (including phenoxy) is 1. The Balaban J connectivity index is 1.56. The molecule has 2 aromatic rings. The Labute approximate surface area is 137 Å². The van der Waals surface area contributed by atoms with Gasteiger partial charge in [0.15, 0.2) is 5.13 Å². The highest BCUT2D eigenvalue weighted by Crippen LogP contribution is 2.38. The Morgan fingerprint density at radius 1 is 1.52 bits per heavy atom. The van der Waals surface area contributed by atoms with E-state index in [1.165, 1.54) is 11.3 Å². The average molecular weight is 335 g/mol. The fourth-order valence-corrected chi connectivity index (χ4v) is 3.88. The number of fused-ring (bicyclic) bond motifs is 1. The molecule has 1 amide bonds. The van der Waals surface area contributed by atoms with Crippen LogP contribution in [0.15, 0.2) is 18.2 Å². The number of methoxy groups -OCH3 is 1. The standard InChI is InChI=1S/C16H18FN3O2S/c1-22-11-3-2-4-12-13(11)19-15(23-12)20-8-7-16(17,9-20)14(21)18-10-5-6-10/h2-4,10H,5-9H2,1H3,(H,18,21). The number of hydrogen-bond donors (Lipinski definition) is 1. The highest BCUT2D eigenvalue weighted by molar-refractivity contribution is 7.22. The van der Waals surface area contributed by atoms with E-state index in [9.17, 15) is 9.18 Å². The highest BCUT2D eigenvalue weighted by Gasteiger charge is 2.47. The maximum Gasteiger partial charge on any atom is 0.259 e. The van der Waals surface area contributed by atoms with E-state index in [1.54, 1.807) is 7.11 Å². The molecule has 122 valence electrons. The number of aromatic nitrogens is 1. The second-order valence-electron chi connectivity index (χ2n) is 6.19. The lowest BCUT2D eigenvalue weighted by Gasteiger charge is -2.19. The molecule has 4 rings (SSSR count). The van der Waals surface area contributed by atoms with Crippen molar-refractivity contribution in [3.8, 4) is 5.75 Å². The van der Waals surface area contributed by atoms with Gasteiger partial charge >= 0.3 is 0 Å². The van der Waals surface area contributed by atoms with E-state index in [1.807, 2.05) is 23.1 Å². The number of nitrogens with zero attached hydrogens (tertiary/aromatic N) is 2. The maximum absolute atomic E-state index is 14.9. The minimum absolute atomic E-state index is 0.0632. The Kier molecular flexibility index (Phi) is 3.41. The van der Waals surface area contributed by atoms with Gasteiger partial charge in [0.25, 0.3) is 5.91 Å². The molecule has 0 bridgehead atoms. The topological polar surface area (TPSA) is 54.5 Å². The van der Waals surface area contributed by atoms with Gasteiger partial charge in [-0.25, -0.2) is 9.37 Å². The zero-order chi connectivity index (χ0) is 16.0. The van der Waals surface area contributed by atoms with Crippen LogP contribution >= 0.6 is 11.3 Å². The van der Waals surface area contributed by atoms with Crippen molar-refractivity contribution < 1.29 is 13.9 Å². The number of alkyl halides is 1. The van der Waals surface area contributed by atoms with E-state index in [-0.39, 0.29) is 19.0 Å². The predicted molar refractivity (Wildman–Crippen MR) is 88.0 cm³/mol. The van der Waals surface area contributed by atoms with Crippen molar-refractivity contribution in [3.63, 3.8) is 0 Å². The molecule has 1 aromatic carbocycles. The summed E-state index contributed by atoms with van der Waals surface area (Å²) in [4.78, 5) is 18.6. The van der Waals surface area contributed by atoms with Gasteiger partial charge in [-0.15, -0.1) is 0 Å². The number of para-hydroxylation sites is 1. The third-order valence-corrected chi connectivity index (χ3v) is 5.48. The SMILES string of the molecule is COc1cccc2sc(N3CCC(F)(C(=O)NC4CC4)C3)nc12. The van der Waals surface area contributed by atoms with Crippen molar-refractivity contribution in [2.75, 3.05) is 25.1 Å². The monoisotopic (exact) mass is 335 g/mol. The molecule has 0 radical (unpaired) electrons. The van der Waals surface area contributed by atoms with Crippen LogP contribution in [0.3, 0.4) is 0 Å². The van der Waals surface area contributed by atoms with Crippen molar-refractivity contribution in [2.24, 2.45) is 0 Å². The van der Waals surface area contributed by atoms with Crippen molar-refractivity contribution in [1.29, 1.82) is 0 Å². The quantitative estimate of drug-likeness (QED) is 0.933. The summed E-state index contributed by atoms with van der Waals surface area (Å²) >= 11 is 1.50. The summed E-state index contributed by atoms with van der Waals surface area (Å²) in [6.45, 7) is 0.560. The number of amides is 1. The summed E-state index contributed by atoms with van der Waals surface area (Å²) in [6.07, 6.45) is 2.13. The van der Waals surface area contributed by atoms with Gasteiger partial charge in [0, 0.05) is 19.0 Å². The van der Waals surface area contributed by atoms with Gasteiger partial charge in [-0.2, -0.15) is 0 Å². The summed E-state index contributed by atoms with van der Waals surface area (Å²) in [6, 6.07) is 5.92. The van der Waals surface area contributed by atoms with Gasteiger partial charge < -0.3 is 15.0 Å². The predicted octanol–water partition coefficient (Wildman–Crippen LogP) is 2.50. The molecule has 1 aliphatic heterocycles. The number of carbonyl (C=O) groups is 1. The second-order valence-corrected chi connectivity index (χ2v) is 7.20. The third kappa shape index (κ3) is 2.63. The van der Waals surface area contributed by atoms with Crippen LogP contribution in [0.25, 0.3) is 10.2 Å². The van der Waals surface area contributed by atoms with E-state index >= 15 is 0 Å². The summed E-state index contributed by atoms with van der Waals surface area (Å²) < 4.78 is 21.2. The van der Waals surface area contributed by atoms with E-state index in [4.69, 9.17) is 4.74 Å². The number of benzene rings is 1. The summed E-state index contributed by atoms with van der Waals surface area (Å²) in [5.74, 6) is 0.239. The van der Waals surface area contributed by atoms with Gasteiger partial charge in [0.2, 0.25) is 5.67 Å². The first-order valence-corrected chi connectivity index (χ1v) is 8.59. The summed E-state index contributed by atoms with van der Waals surface area (Å²) in [5.41, 5.74) is -1.03. The number of nitrogens with one attached hydrogen (secondary N) is 1. The van der Waals surface area contributed by atoms with Gasteiger partial charge in [-0.3, -0.25) is 4.79 Å². The number of anilines is 1. The Morgan fingerprint density at radius 3 is 3.09 bits per heavy atom. The van der Waals surface area contributed by atoms with Gasteiger partial charge in [-0.05, 0) is 25.0 Å². The molecule has 1 N–H and O–H groups in total. The lowest BCUT2D eigenvalue weighted by atomic mass is 10.1. The third-order valence-electron chi connectivity index (χ3n) is 4.40. The first kappa shape index (κ1) is 14.7. The van der Waals surface area contributed by atoms with Crippen LogP contribution in [-0.4, -0.2) is 42.8 Å². The highest BCUT2D eigenvalue weighted by atomic mass is 32.1. The molecule has 1 aliphatic carbocycles. The molecule has 2 heterocycles. The maximum atomic E-state index is 14.9.